The van der Waals surface area contributed by atoms with Crippen molar-refractivity contribution in [1.82, 2.24) is 4.98 Å². The summed E-state index contributed by atoms with van der Waals surface area (Å²) in [4.78, 5) is 14.0. The van der Waals surface area contributed by atoms with E-state index in [2.05, 4.69) is 10.3 Å². The fraction of sp³-hybridized carbons (Fsp3) is 0.0833. The summed E-state index contributed by atoms with van der Waals surface area (Å²) < 4.78 is 0. The van der Waals surface area contributed by atoms with Gasteiger partial charge in [-0.2, -0.15) is 0 Å². The summed E-state index contributed by atoms with van der Waals surface area (Å²) in [5.41, 5.74) is 1.81. The third kappa shape index (κ3) is 2.61. The highest BCUT2D eigenvalue weighted by Crippen LogP contribution is 2.24. The molecule has 2 rings (SSSR count). The molecule has 0 saturated carbocycles. The number of aliphatic hydroxyl groups excluding tert-OH is 1. The lowest BCUT2D eigenvalue weighted by Gasteiger charge is -2.06. The first-order chi connectivity index (χ1) is 8.70. The number of hydrogen-bond acceptors (Lipinski definition) is 5. The third-order valence-corrected chi connectivity index (χ3v) is 2.38. The smallest absolute Gasteiger partial charge is 0.387 e. The number of nitrogens with zero attached hydrogens (tertiary/aromatic N) is 2. The van der Waals surface area contributed by atoms with Crippen molar-refractivity contribution in [2.24, 2.45) is 0 Å². The molecule has 0 aliphatic carbocycles. The number of benzene rings is 1. The number of hydrogen-bond donors (Lipinski definition) is 2. The van der Waals surface area contributed by atoms with Crippen LogP contribution in [0, 0.1) is 10.1 Å². The molecular weight excluding hydrogens is 234 g/mol. The largest absolute Gasteiger partial charge is 0.392 e. The van der Waals surface area contributed by atoms with Crippen molar-refractivity contribution in [1.29, 1.82) is 0 Å². The predicted molar refractivity (Wildman–Crippen MR) is 66.5 cm³/mol. The molecule has 1 aromatic heterocycles. The van der Waals surface area contributed by atoms with Gasteiger partial charge in [0.25, 0.3) is 0 Å². The van der Waals surface area contributed by atoms with Crippen molar-refractivity contribution < 1.29 is 10.0 Å². The van der Waals surface area contributed by atoms with E-state index in [1.165, 1.54) is 6.20 Å². The minimum Gasteiger partial charge on any atom is -0.392 e. The Kier molecular flexibility index (Phi) is 3.49. The Morgan fingerprint density at radius 2 is 2.00 bits per heavy atom. The molecule has 0 radical (unpaired) electrons. The number of aliphatic hydroxyl groups is 1. The Balaban J connectivity index is 2.25. The lowest BCUT2D eigenvalue weighted by molar-refractivity contribution is -0.388. The Morgan fingerprint density at radius 3 is 2.61 bits per heavy atom. The van der Waals surface area contributed by atoms with Crippen LogP contribution in [-0.2, 0) is 6.61 Å². The highest BCUT2D eigenvalue weighted by atomic mass is 16.6. The highest BCUT2D eigenvalue weighted by molar-refractivity contribution is 5.66. The van der Waals surface area contributed by atoms with E-state index >= 15 is 0 Å². The molecule has 0 atom stereocenters. The molecule has 0 amide bonds. The van der Waals surface area contributed by atoms with Gasteiger partial charge in [-0.1, -0.05) is 12.1 Å². The standard InChI is InChI=1S/C12H11N3O3/c16-8-9-3-5-10(6-4-9)14-11-2-1-7-13-12(11)15(17)18/h1-7,14,16H,8H2. The summed E-state index contributed by atoms with van der Waals surface area (Å²) in [6, 6.07) is 10.2. The number of nitro groups is 1. The van der Waals surface area contributed by atoms with E-state index in [4.69, 9.17) is 5.11 Å². The zero-order chi connectivity index (χ0) is 13.0. The van der Waals surface area contributed by atoms with Crippen LogP contribution in [0.4, 0.5) is 17.2 Å². The number of nitrogens with one attached hydrogen (secondary N) is 1. The number of anilines is 2. The predicted octanol–water partition coefficient (Wildman–Crippen LogP) is 2.23. The molecule has 0 fully saturated rings. The van der Waals surface area contributed by atoms with E-state index in [9.17, 15) is 10.1 Å². The van der Waals surface area contributed by atoms with Crippen LogP contribution in [0.1, 0.15) is 5.56 Å². The fourth-order valence-corrected chi connectivity index (χ4v) is 1.49. The molecule has 0 unspecified atom stereocenters. The maximum Gasteiger partial charge on any atom is 0.387 e. The summed E-state index contributed by atoms with van der Waals surface area (Å²) in [5.74, 6) is -0.219. The van der Waals surface area contributed by atoms with Gasteiger partial charge in [-0.05, 0) is 39.7 Å². The minimum absolute atomic E-state index is 0.0344. The molecule has 2 aromatic rings. The van der Waals surface area contributed by atoms with Crippen LogP contribution in [0.5, 0.6) is 0 Å². The quantitative estimate of drug-likeness (QED) is 0.637. The molecule has 1 heterocycles. The molecule has 92 valence electrons. The van der Waals surface area contributed by atoms with Gasteiger partial charge in [-0.3, -0.25) is 0 Å². The zero-order valence-corrected chi connectivity index (χ0v) is 9.41. The average molecular weight is 245 g/mol. The van der Waals surface area contributed by atoms with E-state index < -0.39 is 4.92 Å². The Morgan fingerprint density at radius 1 is 1.28 bits per heavy atom. The number of pyridine rings is 1. The first kappa shape index (κ1) is 12.0. The van der Waals surface area contributed by atoms with E-state index in [-0.39, 0.29) is 12.4 Å². The fourth-order valence-electron chi connectivity index (χ4n) is 1.49. The van der Waals surface area contributed by atoms with Crippen molar-refractivity contribution in [3.8, 4) is 0 Å². The molecule has 6 nitrogen and oxygen atoms in total. The maximum absolute atomic E-state index is 10.8. The SMILES string of the molecule is O=[N+]([O-])c1ncccc1Nc1ccc(CO)cc1. The second kappa shape index (κ2) is 5.24. The second-order valence-electron chi connectivity index (χ2n) is 3.61. The maximum atomic E-state index is 10.8. The Labute approximate surface area is 103 Å². The highest BCUT2D eigenvalue weighted by Gasteiger charge is 2.13. The molecule has 0 saturated heterocycles. The van der Waals surface area contributed by atoms with Gasteiger partial charge in [-0.15, -0.1) is 0 Å². The van der Waals surface area contributed by atoms with Gasteiger partial charge in [-0.25, -0.2) is 0 Å². The summed E-state index contributed by atoms with van der Waals surface area (Å²) >= 11 is 0. The molecule has 0 bridgehead atoms. The lowest BCUT2D eigenvalue weighted by atomic mass is 10.2. The van der Waals surface area contributed by atoms with E-state index in [0.717, 1.165) is 5.56 Å². The normalized spacial score (nSPS) is 10.1. The van der Waals surface area contributed by atoms with Gasteiger partial charge in [0.1, 0.15) is 11.9 Å². The summed E-state index contributed by atoms with van der Waals surface area (Å²) in [7, 11) is 0. The van der Waals surface area contributed by atoms with E-state index in [1.807, 2.05) is 0 Å². The first-order valence-corrected chi connectivity index (χ1v) is 5.27. The topological polar surface area (TPSA) is 88.3 Å². The molecule has 18 heavy (non-hydrogen) atoms. The lowest BCUT2D eigenvalue weighted by Crippen LogP contribution is -1.99. The van der Waals surface area contributed by atoms with E-state index in [0.29, 0.717) is 11.4 Å². The van der Waals surface area contributed by atoms with Crippen LogP contribution in [0.3, 0.4) is 0 Å². The molecule has 2 N–H and O–H groups in total. The molecule has 0 aliphatic rings. The van der Waals surface area contributed by atoms with Crippen molar-refractivity contribution in [3.05, 3.63) is 58.3 Å². The van der Waals surface area contributed by atoms with Gasteiger partial charge in [0.15, 0.2) is 0 Å². The van der Waals surface area contributed by atoms with Crippen LogP contribution in [-0.4, -0.2) is 15.0 Å². The average Bonchev–Trinajstić information content (AvgIpc) is 2.40. The molecular formula is C12H11N3O3. The zero-order valence-electron chi connectivity index (χ0n) is 9.41. The first-order valence-electron chi connectivity index (χ1n) is 5.27. The van der Waals surface area contributed by atoms with Crippen molar-refractivity contribution in [3.63, 3.8) is 0 Å². The third-order valence-electron chi connectivity index (χ3n) is 2.38. The van der Waals surface area contributed by atoms with Gasteiger partial charge in [0.05, 0.1) is 6.61 Å². The molecule has 0 aliphatic heterocycles. The van der Waals surface area contributed by atoms with Crippen molar-refractivity contribution in [2.75, 3.05) is 5.32 Å². The van der Waals surface area contributed by atoms with E-state index in [1.54, 1.807) is 36.4 Å². The molecule has 1 aromatic carbocycles. The Hall–Kier alpha value is -2.47. The van der Waals surface area contributed by atoms with Gasteiger partial charge < -0.3 is 20.5 Å². The van der Waals surface area contributed by atoms with Crippen molar-refractivity contribution >= 4 is 17.2 Å². The minimum atomic E-state index is -0.537. The number of rotatable bonds is 4. The van der Waals surface area contributed by atoms with Crippen molar-refractivity contribution in [2.45, 2.75) is 6.61 Å². The summed E-state index contributed by atoms with van der Waals surface area (Å²) in [6.07, 6.45) is 1.37. The summed E-state index contributed by atoms with van der Waals surface area (Å²) in [6.45, 7) is -0.0344. The molecule has 0 spiro atoms. The van der Waals surface area contributed by atoms with Crippen LogP contribution >= 0.6 is 0 Å². The number of aromatic nitrogens is 1. The molecule has 6 heteroatoms. The Bertz CT molecular complexity index is 555. The van der Waals surface area contributed by atoms with Gasteiger partial charge in [0.2, 0.25) is 0 Å². The monoisotopic (exact) mass is 245 g/mol. The second-order valence-corrected chi connectivity index (χ2v) is 3.61. The van der Waals surface area contributed by atoms with Gasteiger partial charge >= 0.3 is 5.82 Å². The van der Waals surface area contributed by atoms with Crippen LogP contribution in [0.15, 0.2) is 42.6 Å². The van der Waals surface area contributed by atoms with Crippen LogP contribution in [0.25, 0.3) is 0 Å². The van der Waals surface area contributed by atoms with Crippen LogP contribution in [0.2, 0.25) is 0 Å². The van der Waals surface area contributed by atoms with Crippen LogP contribution < -0.4 is 5.32 Å². The summed E-state index contributed by atoms with van der Waals surface area (Å²) in [5, 5.41) is 22.6. The van der Waals surface area contributed by atoms with Gasteiger partial charge in [0, 0.05) is 5.69 Å².